The second-order valence-corrected chi connectivity index (χ2v) is 2.20. The molecule has 0 aromatic heterocycles. The quantitative estimate of drug-likeness (QED) is 0.491. The molecule has 1 heterocycles. The van der Waals surface area contributed by atoms with Gasteiger partial charge in [-0.05, 0) is 12.8 Å². The highest BCUT2D eigenvalue weighted by molar-refractivity contribution is 5.75. The van der Waals surface area contributed by atoms with Crippen LogP contribution in [0, 0.1) is 0 Å². The van der Waals surface area contributed by atoms with Gasteiger partial charge in [-0.3, -0.25) is 4.99 Å². The van der Waals surface area contributed by atoms with Gasteiger partial charge in [0.2, 0.25) is 5.90 Å². The molecule has 3 heteroatoms. The van der Waals surface area contributed by atoms with Crippen LogP contribution in [0.25, 0.3) is 0 Å². The van der Waals surface area contributed by atoms with Crippen LogP contribution in [0.2, 0.25) is 0 Å². The summed E-state index contributed by atoms with van der Waals surface area (Å²) >= 11 is 0. The van der Waals surface area contributed by atoms with Crippen LogP contribution in [0.1, 0.15) is 25.7 Å². The zero-order valence-electron chi connectivity index (χ0n) is 5.47. The number of hydrogen-bond acceptors (Lipinski definition) is 3. The minimum absolute atomic E-state index is 0.715. The minimum Gasteiger partial charge on any atom is -0.396 e. The Bertz CT molecular complexity index is 112. The van der Waals surface area contributed by atoms with Crippen molar-refractivity contribution in [3.05, 3.63) is 0 Å². The van der Waals surface area contributed by atoms with E-state index >= 15 is 0 Å². The average molecular weight is 128 g/mol. The van der Waals surface area contributed by atoms with Gasteiger partial charge in [-0.1, -0.05) is 6.42 Å². The Labute approximate surface area is 54.9 Å². The summed E-state index contributed by atoms with van der Waals surface area (Å²) in [5.74, 6) is 5.66. The van der Waals surface area contributed by atoms with E-state index < -0.39 is 0 Å². The van der Waals surface area contributed by atoms with Gasteiger partial charge >= 0.3 is 0 Å². The molecule has 52 valence electrons. The number of hydrogen-bond donors (Lipinski definition) is 1. The second kappa shape index (κ2) is 3.45. The third-order valence-electron chi connectivity index (χ3n) is 1.47. The molecule has 3 nitrogen and oxygen atoms in total. The van der Waals surface area contributed by atoms with Crippen LogP contribution in [0.4, 0.5) is 0 Å². The summed E-state index contributed by atoms with van der Waals surface area (Å²) in [5, 5.41) is 0. The maximum atomic E-state index is 4.94. The maximum Gasteiger partial charge on any atom is 0.208 e. The molecule has 0 aromatic rings. The molecule has 0 aromatic carbocycles. The smallest absolute Gasteiger partial charge is 0.208 e. The number of nitrogens with two attached hydrogens (primary N) is 1. The normalized spacial score (nSPS) is 20.3. The zero-order chi connectivity index (χ0) is 6.53. The first-order valence-electron chi connectivity index (χ1n) is 3.33. The van der Waals surface area contributed by atoms with Gasteiger partial charge in [0, 0.05) is 13.0 Å². The van der Waals surface area contributed by atoms with Crippen molar-refractivity contribution in [1.82, 2.24) is 0 Å². The first kappa shape index (κ1) is 6.55. The molecular weight excluding hydrogens is 116 g/mol. The molecule has 0 saturated carbocycles. The molecule has 0 aliphatic carbocycles. The second-order valence-electron chi connectivity index (χ2n) is 2.20. The largest absolute Gasteiger partial charge is 0.396 e. The van der Waals surface area contributed by atoms with E-state index in [2.05, 4.69) is 9.83 Å². The average Bonchev–Trinajstić information content (AvgIpc) is 2.13. The molecule has 1 rings (SSSR count). The minimum atomic E-state index is 0.715. The van der Waals surface area contributed by atoms with Crippen molar-refractivity contribution in [2.75, 3.05) is 6.54 Å². The summed E-state index contributed by atoms with van der Waals surface area (Å²) in [4.78, 5) is 8.63. The lowest BCUT2D eigenvalue weighted by Crippen LogP contribution is -2.09. The number of nitrogens with zero attached hydrogens (tertiary/aromatic N) is 1. The fraction of sp³-hybridized carbons (Fsp3) is 0.833. The van der Waals surface area contributed by atoms with E-state index in [1.54, 1.807) is 0 Å². The predicted octanol–water partition coefficient (Wildman–Crippen LogP) is 0.849. The lowest BCUT2D eigenvalue weighted by Gasteiger charge is -1.97. The molecule has 0 atom stereocenters. The van der Waals surface area contributed by atoms with E-state index in [9.17, 15) is 0 Å². The maximum absolute atomic E-state index is 4.94. The molecule has 1 aliphatic heterocycles. The summed E-state index contributed by atoms with van der Waals surface area (Å²) < 4.78 is 0. The summed E-state index contributed by atoms with van der Waals surface area (Å²) in [6.45, 7) is 0.881. The highest BCUT2D eigenvalue weighted by Crippen LogP contribution is 2.06. The van der Waals surface area contributed by atoms with E-state index in [1.165, 1.54) is 12.8 Å². The van der Waals surface area contributed by atoms with Crippen LogP contribution >= 0.6 is 0 Å². The highest BCUT2D eigenvalue weighted by Gasteiger charge is 2.02. The van der Waals surface area contributed by atoms with Gasteiger partial charge < -0.3 is 4.84 Å². The Kier molecular flexibility index (Phi) is 2.51. The van der Waals surface area contributed by atoms with Crippen molar-refractivity contribution in [3.63, 3.8) is 0 Å². The lowest BCUT2D eigenvalue weighted by molar-refractivity contribution is 0.309. The van der Waals surface area contributed by atoms with Gasteiger partial charge in [0.05, 0.1) is 0 Å². The van der Waals surface area contributed by atoms with Crippen molar-refractivity contribution in [2.24, 2.45) is 10.9 Å². The Morgan fingerprint density at radius 2 is 2.22 bits per heavy atom. The molecule has 0 spiro atoms. The van der Waals surface area contributed by atoms with Crippen molar-refractivity contribution in [1.29, 1.82) is 0 Å². The molecule has 9 heavy (non-hydrogen) atoms. The summed E-state index contributed by atoms with van der Waals surface area (Å²) in [6, 6.07) is 0. The van der Waals surface area contributed by atoms with Crippen LogP contribution < -0.4 is 5.90 Å². The predicted molar refractivity (Wildman–Crippen MR) is 36.0 cm³/mol. The Morgan fingerprint density at radius 3 is 3.00 bits per heavy atom. The standard InChI is InChI=1S/C6H12N2O/c7-9-6-4-2-1-3-5-8-6/h1-5,7H2. The molecular formula is C6H12N2O. The number of aliphatic imine (C=N–C) groups is 1. The van der Waals surface area contributed by atoms with Gasteiger partial charge in [0.1, 0.15) is 0 Å². The van der Waals surface area contributed by atoms with Crippen molar-refractivity contribution in [2.45, 2.75) is 25.7 Å². The monoisotopic (exact) mass is 128 g/mol. The summed E-state index contributed by atoms with van der Waals surface area (Å²) in [7, 11) is 0. The Hall–Kier alpha value is -0.570. The molecule has 0 radical (unpaired) electrons. The van der Waals surface area contributed by atoms with Gasteiger partial charge in [-0.2, -0.15) is 5.90 Å². The van der Waals surface area contributed by atoms with Crippen LogP contribution in [0.3, 0.4) is 0 Å². The zero-order valence-corrected chi connectivity index (χ0v) is 5.47. The fourth-order valence-electron chi connectivity index (χ4n) is 0.944. The lowest BCUT2D eigenvalue weighted by atomic mass is 10.2. The molecule has 0 saturated heterocycles. The van der Waals surface area contributed by atoms with E-state index in [0.717, 1.165) is 19.4 Å². The van der Waals surface area contributed by atoms with E-state index in [1.807, 2.05) is 0 Å². The molecule has 0 bridgehead atoms. The van der Waals surface area contributed by atoms with Gasteiger partial charge in [-0.25, -0.2) is 0 Å². The first-order chi connectivity index (χ1) is 4.43. The van der Waals surface area contributed by atoms with Crippen molar-refractivity contribution < 1.29 is 4.84 Å². The Balaban J connectivity index is 2.37. The third kappa shape index (κ3) is 2.01. The summed E-state index contributed by atoms with van der Waals surface area (Å²) in [5.41, 5.74) is 0. The molecule has 2 N–H and O–H groups in total. The number of rotatable bonds is 0. The van der Waals surface area contributed by atoms with E-state index in [-0.39, 0.29) is 0 Å². The van der Waals surface area contributed by atoms with Crippen LogP contribution in [0.5, 0.6) is 0 Å². The summed E-state index contributed by atoms with van der Waals surface area (Å²) in [6.07, 6.45) is 4.50. The fourth-order valence-corrected chi connectivity index (χ4v) is 0.944. The molecule has 0 unspecified atom stereocenters. The van der Waals surface area contributed by atoms with E-state index in [0.29, 0.717) is 5.90 Å². The van der Waals surface area contributed by atoms with Gasteiger partial charge in [0.25, 0.3) is 0 Å². The highest BCUT2D eigenvalue weighted by atomic mass is 16.6. The SMILES string of the molecule is NOC1=NCCCCC1. The van der Waals surface area contributed by atoms with Gasteiger partial charge in [-0.15, -0.1) is 0 Å². The van der Waals surface area contributed by atoms with Gasteiger partial charge in [0.15, 0.2) is 0 Å². The molecule has 0 fully saturated rings. The van der Waals surface area contributed by atoms with Crippen molar-refractivity contribution >= 4 is 5.90 Å². The third-order valence-corrected chi connectivity index (χ3v) is 1.47. The van der Waals surface area contributed by atoms with Crippen molar-refractivity contribution in [3.8, 4) is 0 Å². The van der Waals surface area contributed by atoms with Crippen LogP contribution in [-0.4, -0.2) is 12.4 Å². The topological polar surface area (TPSA) is 47.6 Å². The molecule has 1 aliphatic rings. The van der Waals surface area contributed by atoms with Crippen LogP contribution in [0.15, 0.2) is 4.99 Å². The first-order valence-corrected chi connectivity index (χ1v) is 3.33. The van der Waals surface area contributed by atoms with E-state index in [4.69, 9.17) is 5.90 Å². The van der Waals surface area contributed by atoms with Crippen LogP contribution in [-0.2, 0) is 4.84 Å². The molecule has 0 amide bonds. The Morgan fingerprint density at radius 1 is 1.33 bits per heavy atom.